The number of piperidine rings is 1. The van der Waals surface area contributed by atoms with Crippen LogP contribution in [0.2, 0.25) is 0 Å². The van der Waals surface area contributed by atoms with E-state index in [4.69, 9.17) is 9.47 Å². The molecule has 1 aromatic carbocycles. The first-order valence-corrected chi connectivity index (χ1v) is 10.6. The number of ether oxygens (including phenoxy) is 2. The van der Waals surface area contributed by atoms with Crippen molar-refractivity contribution in [2.24, 2.45) is 5.92 Å². The largest absolute Gasteiger partial charge is 0.495 e. The summed E-state index contributed by atoms with van der Waals surface area (Å²) in [5, 5.41) is 0. The number of aromatic nitrogens is 1. The maximum absolute atomic E-state index is 13.2. The van der Waals surface area contributed by atoms with E-state index >= 15 is 0 Å². The first-order chi connectivity index (χ1) is 12.9. The molecule has 0 saturated carbocycles. The Morgan fingerprint density at radius 2 is 2.04 bits per heavy atom. The molecule has 1 aromatic heterocycles. The van der Waals surface area contributed by atoms with Crippen LogP contribution in [-0.2, 0) is 10.0 Å². The number of rotatable bonds is 6. The van der Waals surface area contributed by atoms with Gasteiger partial charge in [0.05, 0.1) is 13.7 Å². The summed E-state index contributed by atoms with van der Waals surface area (Å²) in [7, 11) is -2.12. The lowest BCUT2D eigenvalue weighted by Gasteiger charge is -2.32. The van der Waals surface area contributed by atoms with Crippen LogP contribution < -0.4 is 9.47 Å². The molecule has 1 fully saturated rings. The highest BCUT2D eigenvalue weighted by Crippen LogP contribution is 2.30. The molecule has 27 heavy (non-hydrogen) atoms. The molecule has 7 heteroatoms. The Hall–Kier alpha value is -2.12. The summed E-state index contributed by atoms with van der Waals surface area (Å²) >= 11 is 0. The maximum atomic E-state index is 13.2. The Morgan fingerprint density at radius 1 is 1.22 bits per heavy atom. The highest BCUT2D eigenvalue weighted by atomic mass is 32.2. The van der Waals surface area contributed by atoms with Gasteiger partial charge in [0.25, 0.3) is 0 Å². The molecule has 0 radical (unpaired) electrons. The number of sulfonamides is 1. The Bertz CT molecular complexity index is 899. The smallest absolute Gasteiger partial charge is 0.246 e. The van der Waals surface area contributed by atoms with Gasteiger partial charge in [-0.05, 0) is 50.5 Å². The fraction of sp³-hybridized carbons (Fsp3) is 0.450. The number of methoxy groups -OCH3 is 1. The number of benzene rings is 1. The van der Waals surface area contributed by atoms with Gasteiger partial charge in [-0.2, -0.15) is 4.31 Å². The third-order valence-electron chi connectivity index (χ3n) is 4.75. The molecule has 0 amide bonds. The second-order valence-corrected chi connectivity index (χ2v) is 8.86. The number of hydrogen-bond acceptors (Lipinski definition) is 5. The average Bonchev–Trinajstić information content (AvgIpc) is 2.66. The van der Waals surface area contributed by atoms with E-state index in [0.717, 1.165) is 24.1 Å². The maximum Gasteiger partial charge on any atom is 0.246 e. The summed E-state index contributed by atoms with van der Waals surface area (Å²) in [5.41, 5.74) is 1.78. The second-order valence-electron chi connectivity index (χ2n) is 6.95. The van der Waals surface area contributed by atoms with Crippen molar-refractivity contribution in [3.8, 4) is 11.6 Å². The SMILES string of the molecule is COc1ccc(C)cc1S(=O)(=O)N1CCCC(COc2cccc(C)n2)C1. The van der Waals surface area contributed by atoms with Gasteiger partial charge in [-0.1, -0.05) is 12.1 Å². The van der Waals surface area contributed by atoms with Gasteiger partial charge in [-0.3, -0.25) is 0 Å². The fourth-order valence-corrected chi connectivity index (χ4v) is 5.10. The zero-order chi connectivity index (χ0) is 19.4. The summed E-state index contributed by atoms with van der Waals surface area (Å²) in [5.74, 6) is 1.09. The number of pyridine rings is 1. The summed E-state index contributed by atoms with van der Waals surface area (Å²) in [4.78, 5) is 4.56. The molecule has 6 nitrogen and oxygen atoms in total. The van der Waals surface area contributed by atoms with Crippen LogP contribution >= 0.6 is 0 Å². The van der Waals surface area contributed by atoms with Gasteiger partial charge >= 0.3 is 0 Å². The first kappa shape index (κ1) is 19.6. The van der Waals surface area contributed by atoms with E-state index < -0.39 is 10.0 Å². The first-order valence-electron chi connectivity index (χ1n) is 9.11. The van der Waals surface area contributed by atoms with Gasteiger partial charge in [0, 0.05) is 30.8 Å². The molecule has 0 N–H and O–H groups in total. The van der Waals surface area contributed by atoms with Gasteiger partial charge in [0.15, 0.2) is 0 Å². The van der Waals surface area contributed by atoms with Gasteiger partial charge in [0.1, 0.15) is 10.6 Å². The van der Waals surface area contributed by atoms with E-state index in [1.165, 1.54) is 7.11 Å². The molecule has 1 saturated heterocycles. The normalized spacial score (nSPS) is 18.3. The molecule has 1 aliphatic heterocycles. The lowest BCUT2D eigenvalue weighted by Crippen LogP contribution is -2.41. The fourth-order valence-electron chi connectivity index (χ4n) is 3.31. The third kappa shape index (κ3) is 4.59. The molecule has 0 spiro atoms. The van der Waals surface area contributed by atoms with Crippen molar-refractivity contribution in [1.29, 1.82) is 0 Å². The number of nitrogens with zero attached hydrogens (tertiary/aromatic N) is 2. The molecular formula is C20H26N2O4S. The summed E-state index contributed by atoms with van der Waals surface area (Å²) in [6, 6.07) is 10.9. The third-order valence-corrected chi connectivity index (χ3v) is 6.63. The van der Waals surface area contributed by atoms with Crippen molar-refractivity contribution in [1.82, 2.24) is 9.29 Å². The van der Waals surface area contributed by atoms with E-state index in [0.29, 0.717) is 31.3 Å². The van der Waals surface area contributed by atoms with E-state index in [9.17, 15) is 8.42 Å². The van der Waals surface area contributed by atoms with Gasteiger partial charge < -0.3 is 9.47 Å². The Morgan fingerprint density at radius 3 is 2.78 bits per heavy atom. The second kappa shape index (κ2) is 8.27. The Balaban J connectivity index is 1.72. The van der Waals surface area contributed by atoms with Crippen LogP contribution in [0.1, 0.15) is 24.1 Å². The van der Waals surface area contributed by atoms with Gasteiger partial charge in [-0.25, -0.2) is 13.4 Å². The number of aryl methyl sites for hydroxylation is 2. The molecule has 1 aliphatic rings. The van der Waals surface area contributed by atoms with E-state index in [1.807, 2.05) is 38.1 Å². The molecule has 146 valence electrons. The van der Waals surface area contributed by atoms with E-state index in [2.05, 4.69) is 4.98 Å². The highest BCUT2D eigenvalue weighted by molar-refractivity contribution is 7.89. The van der Waals surface area contributed by atoms with Gasteiger partial charge in [-0.15, -0.1) is 0 Å². The molecular weight excluding hydrogens is 364 g/mol. The molecule has 0 bridgehead atoms. The molecule has 2 heterocycles. The molecule has 3 rings (SSSR count). The minimum Gasteiger partial charge on any atom is -0.495 e. The molecule has 1 unspecified atom stereocenters. The summed E-state index contributed by atoms with van der Waals surface area (Å²) < 4.78 is 39.0. The van der Waals surface area contributed by atoms with Crippen LogP contribution in [0, 0.1) is 19.8 Å². The van der Waals surface area contributed by atoms with Crippen molar-refractivity contribution < 1.29 is 17.9 Å². The van der Waals surface area contributed by atoms with Crippen LogP contribution in [0.5, 0.6) is 11.6 Å². The predicted molar refractivity (Wildman–Crippen MR) is 104 cm³/mol. The average molecular weight is 391 g/mol. The van der Waals surface area contributed by atoms with E-state index in [1.54, 1.807) is 16.4 Å². The Kier molecular flexibility index (Phi) is 6.01. The monoisotopic (exact) mass is 390 g/mol. The molecule has 0 aliphatic carbocycles. The van der Waals surface area contributed by atoms with Crippen molar-refractivity contribution in [2.45, 2.75) is 31.6 Å². The van der Waals surface area contributed by atoms with Crippen molar-refractivity contribution in [3.63, 3.8) is 0 Å². The summed E-state index contributed by atoms with van der Waals surface area (Å²) in [6.45, 7) is 5.19. The lowest BCUT2D eigenvalue weighted by molar-refractivity contribution is 0.176. The van der Waals surface area contributed by atoms with Crippen molar-refractivity contribution in [2.75, 3.05) is 26.8 Å². The van der Waals surface area contributed by atoms with Crippen molar-refractivity contribution >= 4 is 10.0 Å². The minimum atomic E-state index is -3.61. The van der Waals surface area contributed by atoms with Crippen molar-refractivity contribution in [3.05, 3.63) is 47.7 Å². The highest BCUT2D eigenvalue weighted by Gasteiger charge is 2.32. The van der Waals surface area contributed by atoms with E-state index in [-0.39, 0.29) is 10.8 Å². The standard InChI is InChI=1S/C20H26N2O4S/c1-15-9-10-18(25-3)19(12-15)27(23,24)22-11-5-7-17(13-22)14-26-20-8-4-6-16(2)21-20/h4,6,8-10,12,17H,5,7,11,13-14H2,1-3H3. The zero-order valence-corrected chi connectivity index (χ0v) is 16.8. The number of hydrogen-bond donors (Lipinski definition) is 0. The van der Waals surface area contributed by atoms with Crippen LogP contribution in [-0.4, -0.2) is 44.5 Å². The lowest BCUT2D eigenvalue weighted by atomic mass is 10.0. The minimum absolute atomic E-state index is 0.131. The zero-order valence-electron chi connectivity index (χ0n) is 16.0. The quantitative estimate of drug-likeness (QED) is 0.758. The van der Waals surface area contributed by atoms with Crippen LogP contribution in [0.15, 0.2) is 41.3 Å². The van der Waals surface area contributed by atoms with Crippen LogP contribution in [0.25, 0.3) is 0 Å². The molecule has 2 aromatic rings. The molecule has 1 atom stereocenters. The Labute approximate surface area is 161 Å². The van der Waals surface area contributed by atoms with Crippen LogP contribution in [0.4, 0.5) is 0 Å². The predicted octanol–water partition coefficient (Wildman–Crippen LogP) is 3.19. The topological polar surface area (TPSA) is 68.7 Å². The van der Waals surface area contributed by atoms with Crippen LogP contribution in [0.3, 0.4) is 0 Å². The summed E-state index contributed by atoms with van der Waals surface area (Å²) in [6.07, 6.45) is 1.74. The van der Waals surface area contributed by atoms with Gasteiger partial charge in [0.2, 0.25) is 15.9 Å².